The summed E-state index contributed by atoms with van der Waals surface area (Å²) in [6.07, 6.45) is 13.3. The maximum Gasteiger partial charge on any atom is 0.323 e. The highest BCUT2D eigenvalue weighted by Gasteiger charge is 2.25. The van der Waals surface area contributed by atoms with Crippen LogP contribution in [0.15, 0.2) is 97.1 Å². The number of amides is 4. The summed E-state index contributed by atoms with van der Waals surface area (Å²) in [7, 11) is 0. The lowest BCUT2D eigenvalue weighted by molar-refractivity contribution is 0.261. The number of aryl methyl sites for hydroxylation is 2. The molecule has 0 radical (unpaired) electrons. The number of rotatable bonds is 24. The van der Waals surface area contributed by atoms with E-state index in [2.05, 4.69) is 49.0 Å². The third kappa shape index (κ3) is 16.3. The van der Waals surface area contributed by atoms with Crippen LogP contribution in [0, 0.1) is 13.8 Å². The Kier molecular flexibility index (Phi) is 21.2. The second-order valence-electron chi connectivity index (χ2n) is 20.4. The van der Waals surface area contributed by atoms with E-state index >= 15 is 0 Å². The average Bonchev–Trinajstić information content (AvgIpc) is 3.39. The smallest absolute Gasteiger partial charge is 0.323 e. The van der Waals surface area contributed by atoms with Crippen molar-refractivity contribution >= 4 is 46.2 Å². The van der Waals surface area contributed by atoms with E-state index in [-0.39, 0.29) is 12.1 Å². The van der Waals surface area contributed by atoms with E-state index < -0.39 is 0 Å². The van der Waals surface area contributed by atoms with Gasteiger partial charge in [0, 0.05) is 104 Å². The first-order chi connectivity index (χ1) is 36.9. The Hall–Kier alpha value is -7.34. The van der Waals surface area contributed by atoms with Crippen molar-refractivity contribution in [3.63, 3.8) is 0 Å². The largest absolute Gasteiger partial charge is 0.493 e. The number of hydrogen-bond acceptors (Lipinski definition) is 8. The summed E-state index contributed by atoms with van der Waals surface area (Å²) in [6.45, 7) is 14.8. The number of unbranched alkanes of at least 4 members (excludes halogenated alkanes) is 8. The molecule has 12 heteroatoms. The lowest BCUT2D eigenvalue weighted by Crippen LogP contribution is -2.20. The second-order valence-corrected chi connectivity index (χ2v) is 20.4. The van der Waals surface area contributed by atoms with Gasteiger partial charge in [-0.2, -0.15) is 0 Å². The van der Waals surface area contributed by atoms with Gasteiger partial charge in [-0.25, -0.2) is 9.59 Å². The van der Waals surface area contributed by atoms with Crippen molar-refractivity contribution in [3.05, 3.63) is 153 Å². The summed E-state index contributed by atoms with van der Waals surface area (Å²) in [5.41, 5.74) is 26.9. The molecule has 404 valence electrons. The number of benzene rings is 6. The van der Waals surface area contributed by atoms with Gasteiger partial charge in [0.15, 0.2) is 0 Å². The van der Waals surface area contributed by atoms with Crippen molar-refractivity contribution in [1.29, 1.82) is 0 Å². The third-order valence-electron chi connectivity index (χ3n) is 13.7. The molecule has 8 bridgehead atoms. The van der Waals surface area contributed by atoms with Gasteiger partial charge >= 0.3 is 12.1 Å². The van der Waals surface area contributed by atoms with Crippen molar-refractivity contribution in [2.45, 2.75) is 144 Å². The summed E-state index contributed by atoms with van der Waals surface area (Å²) < 4.78 is 27.8. The normalized spacial score (nSPS) is 11.9. The predicted molar refractivity (Wildman–Crippen MR) is 314 cm³/mol. The van der Waals surface area contributed by atoms with Crippen LogP contribution in [0.5, 0.6) is 23.0 Å². The van der Waals surface area contributed by atoms with Gasteiger partial charge in [0.05, 0.1) is 26.4 Å². The lowest BCUT2D eigenvalue weighted by atomic mass is 9.90. The number of anilines is 6. The van der Waals surface area contributed by atoms with E-state index in [1.54, 1.807) is 0 Å². The number of ether oxygens (including phenoxy) is 4. The monoisotopic (exact) mass is 1030 g/mol. The summed E-state index contributed by atoms with van der Waals surface area (Å²) in [5, 5.41) is 12.4. The molecule has 4 amide bonds. The van der Waals surface area contributed by atoms with Gasteiger partial charge in [0.25, 0.3) is 0 Å². The number of nitrogen functional groups attached to an aromatic ring is 2. The third-order valence-corrected chi connectivity index (χ3v) is 13.7. The lowest BCUT2D eigenvalue weighted by Gasteiger charge is -2.24. The Balaban J connectivity index is 1.46. The highest BCUT2D eigenvalue weighted by atomic mass is 16.5. The molecule has 0 heterocycles. The van der Waals surface area contributed by atoms with Crippen molar-refractivity contribution in [1.82, 2.24) is 0 Å². The van der Waals surface area contributed by atoms with E-state index in [9.17, 15) is 9.59 Å². The quantitative estimate of drug-likeness (QED) is 0.0256. The highest BCUT2D eigenvalue weighted by molar-refractivity contribution is 6.00. The molecule has 0 atom stereocenters. The van der Waals surface area contributed by atoms with Gasteiger partial charge in [-0.3, -0.25) is 0 Å². The molecule has 6 aromatic carbocycles. The van der Waals surface area contributed by atoms with Crippen LogP contribution in [0.1, 0.15) is 160 Å². The fourth-order valence-electron chi connectivity index (χ4n) is 9.79. The number of fused-ring (bicyclic) bond motifs is 8. The molecule has 0 saturated heterocycles. The molecule has 0 spiro atoms. The molecule has 1 aliphatic carbocycles. The fourth-order valence-corrected chi connectivity index (χ4v) is 9.79. The number of nitrogens with one attached hydrogen (secondary N) is 4. The number of carbonyl (C=O) groups is 2. The number of hydrogen-bond donors (Lipinski definition) is 6. The minimum atomic E-state index is -0.368. The molecule has 6 aromatic rings. The maximum absolute atomic E-state index is 13.9. The zero-order valence-electron chi connectivity index (χ0n) is 46.0. The number of nitrogens with two attached hydrogens (primary N) is 2. The van der Waals surface area contributed by atoms with Crippen LogP contribution in [-0.4, -0.2) is 38.5 Å². The average molecular weight is 1030 g/mol. The van der Waals surface area contributed by atoms with Crippen LogP contribution in [0.4, 0.5) is 43.7 Å². The summed E-state index contributed by atoms with van der Waals surface area (Å²) in [6, 6.07) is 30.8. The standard InChI is InChI=1S/C64H82N6O6/c1-7-11-15-27-73-59-45-31-49-39-57(69-63(71)67-55-23-19-43(5)20-24-55)41-51(61(49)75-29-17-13-9-3)33-47-37-54(66)38-48(60(47)74-28-16-12-8-2)34-52-42-58(70-64(72)68-56-25-21-44(6)22-26-56)40-50(32-46(59)36-53(65)35-45)62(52)76-30-18-14-10-4/h19-26,35-42H,7-18,27-34,65-66H2,1-6H3,(H2,67,69,71)(H2,68,70,72). The Labute approximate surface area is 452 Å². The zero-order chi connectivity index (χ0) is 53.8. The highest BCUT2D eigenvalue weighted by Crippen LogP contribution is 2.43. The van der Waals surface area contributed by atoms with Crippen LogP contribution >= 0.6 is 0 Å². The Morgan fingerprint density at radius 3 is 0.855 bits per heavy atom. The van der Waals surface area contributed by atoms with Gasteiger partial charge < -0.3 is 51.7 Å². The molecule has 76 heavy (non-hydrogen) atoms. The van der Waals surface area contributed by atoms with Crippen LogP contribution < -0.4 is 51.7 Å². The van der Waals surface area contributed by atoms with Crippen molar-refractivity contribution in [2.75, 3.05) is 59.2 Å². The van der Waals surface area contributed by atoms with Crippen LogP contribution in [0.25, 0.3) is 0 Å². The minimum absolute atomic E-state index is 0.368. The molecule has 8 N–H and O–H groups in total. The van der Waals surface area contributed by atoms with E-state index in [0.29, 0.717) is 86.2 Å². The zero-order valence-corrected chi connectivity index (χ0v) is 46.0. The van der Waals surface area contributed by atoms with E-state index in [0.717, 1.165) is 156 Å². The Bertz CT molecular complexity index is 2570. The molecule has 0 fully saturated rings. The van der Waals surface area contributed by atoms with Crippen molar-refractivity contribution in [2.24, 2.45) is 0 Å². The second kappa shape index (κ2) is 28.5. The first-order valence-electron chi connectivity index (χ1n) is 27.9. The molecular weight excluding hydrogens is 949 g/mol. The minimum Gasteiger partial charge on any atom is -0.493 e. The summed E-state index contributed by atoms with van der Waals surface area (Å²) >= 11 is 0. The van der Waals surface area contributed by atoms with Gasteiger partial charge in [-0.05, 0) is 112 Å². The summed E-state index contributed by atoms with van der Waals surface area (Å²) in [5.74, 6) is 2.95. The van der Waals surface area contributed by atoms with Gasteiger partial charge in [0.2, 0.25) is 0 Å². The van der Waals surface area contributed by atoms with Crippen molar-refractivity contribution in [3.8, 4) is 23.0 Å². The Morgan fingerprint density at radius 1 is 0.368 bits per heavy atom. The molecule has 7 rings (SSSR count). The first kappa shape index (κ1) is 56.4. The molecule has 0 unspecified atom stereocenters. The van der Waals surface area contributed by atoms with Gasteiger partial charge in [-0.1, -0.05) is 114 Å². The topological polar surface area (TPSA) is 171 Å². The van der Waals surface area contributed by atoms with Gasteiger partial charge in [-0.15, -0.1) is 0 Å². The molecular formula is C64H82N6O6. The first-order valence-corrected chi connectivity index (χ1v) is 27.9. The molecule has 1 aliphatic rings. The molecule has 0 aromatic heterocycles. The maximum atomic E-state index is 13.9. The van der Waals surface area contributed by atoms with Crippen LogP contribution in [0.3, 0.4) is 0 Å². The van der Waals surface area contributed by atoms with Crippen LogP contribution in [0.2, 0.25) is 0 Å². The van der Waals surface area contributed by atoms with E-state index in [1.165, 1.54) is 0 Å². The van der Waals surface area contributed by atoms with E-state index in [1.807, 2.05) is 111 Å². The van der Waals surface area contributed by atoms with Crippen LogP contribution in [-0.2, 0) is 25.7 Å². The van der Waals surface area contributed by atoms with Gasteiger partial charge in [0.1, 0.15) is 23.0 Å². The SMILES string of the molecule is CCCCCOc1c2cc(N)cc1Cc1cc(NC(=O)Nc3ccc(C)cc3)cc(c1OCCCCC)Cc1cc(N)cc(c1OCCCCC)Cc1cc(NC(=O)Nc3ccc(C)cc3)cc(c1OCCCCC)C2. The molecule has 0 saturated carbocycles. The van der Waals surface area contributed by atoms with Crippen molar-refractivity contribution < 1.29 is 28.5 Å². The number of carbonyl (C=O) groups excluding carboxylic acids is 2. The Morgan fingerprint density at radius 2 is 0.605 bits per heavy atom. The summed E-state index contributed by atoms with van der Waals surface area (Å²) in [4.78, 5) is 27.8. The fraction of sp³-hybridized carbons (Fsp3) is 0.406. The van der Waals surface area contributed by atoms with E-state index in [4.69, 9.17) is 30.4 Å². The number of urea groups is 2. The molecule has 0 aliphatic heterocycles. The molecule has 12 nitrogen and oxygen atoms in total. The predicted octanol–water partition coefficient (Wildman–Crippen LogP) is 15.7.